The Morgan fingerprint density at radius 3 is 2.77 bits per heavy atom. The zero-order valence-corrected chi connectivity index (χ0v) is 15.8. The van der Waals surface area contributed by atoms with Crippen LogP contribution >= 0.6 is 0 Å². The van der Waals surface area contributed by atoms with Gasteiger partial charge in [-0.1, -0.05) is 0 Å². The molecule has 0 N–H and O–H groups in total. The van der Waals surface area contributed by atoms with E-state index in [-0.39, 0.29) is 17.2 Å². The Balaban J connectivity index is 1.60. The van der Waals surface area contributed by atoms with E-state index in [2.05, 4.69) is 46.5 Å². The van der Waals surface area contributed by atoms with E-state index in [0.29, 0.717) is 12.6 Å². The molecule has 6 heteroatoms. The van der Waals surface area contributed by atoms with Crippen molar-refractivity contribution in [1.29, 1.82) is 0 Å². The molecule has 4 heterocycles. The molecule has 0 unspecified atom stereocenters. The van der Waals surface area contributed by atoms with Gasteiger partial charge in [0, 0.05) is 56.7 Å². The van der Waals surface area contributed by atoms with Gasteiger partial charge in [0.15, 0.2) is 0 Å². The first kappa shape index (κ1) is 17.2. The van der Waals surface area contributed by atoms with Crippen LogP contribution in [0.15, 0.2) is 37.1 Å². The molecule has 2 aliphatic heterocycles. The normalized spacial score (nSPS) is 26.5. The van der Waals surface area contributed by atoms with Gasteiger partial charge >= 0.3 is 0 Å². The van der Waals surface area contributed by atoms with E-state index in [1.54, 1.807) is 12.4 Å². The van der Waals surface area contributed by atoms with Crippen molar-refractivity contribution >= 4 is 5.91 Å². The molecule has 2 aromatic rings. The number of pyridine rings is 1. The number of hydrogen-bond acceptors (Lipinski definition) is 4. The monoisotopic (exact) mass is 353 g/mol. The molecule has 2 aliphatic rings. The summed E-state index contributed by atoms with van der Waals surface area (Å²) >= 11 is 0. The number of likely N-dealkylation sites (N-methyl/N-ethyl adjacent to an activating group) is 1. The molecule has 2 fully saturated rings. The number of likely N-dealkylation sites (tertiary alicyclic amines) is 2. The van der Waals surface area contributed by atoms with Gasteiger partial charge in [0.2, 0.25) is 5.91 Å². The molecule has 0 saturated carbocycles. The van der Waals surface area contributed by atoms with E-state index < -0.39 is 0 Å². The Labute approximate surface area is 154 Å². The van der Waals surface area contributed by atoms with E-state index in [0.717, 1.165) is 37.3 Å². The van der Waals surface area contributed by atoms with Crippen molar-refractivity contribution in [1.82, 2.24) is 24.3 Å². The van der Waals surface area contributed by atoms with Gasteiger partial charge < -0.3 is 14.4 Å². The fourth-order valence-electron chi connectivity index (χ4n) is 4.52. The molecule has 1 amide bonds. The summed E-state index contributed by atoms with van der Waals surface area (Å²) in [5, 5.41) is 0. The predicted molar refractivity (Wildman–Crippen MR) is 99.6 cm³/mol. The van der Waals surface area contributed by atoms with Crippen LogP contribution in [0.4, 0.5) is 0 Å². The number of rotatable bonds is 4. The molecule has 2 aromatic heterocycles. The van der Waals surface area contributed by atoms with Crippen LogP contribution in [0.2, 0.25) is 0 Å². The summed E-state index contributed by atoms with van der Waals surface area (Å²) in [6.07, 6.45) is 8.52. The van der Waals surface area contributed by atoms with Crippen molar-refractivity contribution in [2.24, 2.45) is 5.41 Å². The third-order valence-corrected chi connectivity index (χ3v) is 5.95. The summed E-state index contributed by atoms with van der Waals surface area (Å²) in [4.78, 5) is 26.5. The largest absolute Gasteiger partial charge is 0.338 e. The Bertz CT molecular complexity index is 787. The predicted octanol–water partition coefficient (Wildman–Crippen LogP) is 2.31. The number of amides is 1. The number of carbonyl (C=O) groups excluding carboxylic acids is 1. The Morgan fingerprint density at radius 1 is 1.31 bits per heavy atom. The molecule has 0 aliphatic carbocycles. The smallest absolute Gasteiger partial charge is 0.231 e. The number of aromatic nitrogens is 3. The summed E-state index contributed by atoms with van der Waals surface area (Å²) in [5.41, 5.74) is 1.86. The minimum atomic E-state index is -0.335. The maximum absolute atomic E-state index is 13.5. The van der Waals surface area contributed by atoms with E-state index in [1.165, 1.54) is 0 Å². The maximum Gasteiger partial charge on any atom is 0.231 e. The van der Waals surface area contributed by atoms with Gasteiger partial charge in [0.25, 0.3) is 0 Å². The number of carbonyl (C=O) groups is 1. The molecule has 0 radical (unpaired) electrons. The van der Waals surface area contributed by atoms with Crippen molar-refractivity contribution < 1.29 is 4.79 Å². The number of hydrogen-bond donors (Lipinski definition) is 0. The van der Waals surface area contributed by atoms with Gasteiger partial charge in [-0.2, -0.15) is 0 Å². The molecule has 2 atom stereocenters. The molecule has 0 bridgehead atoms. The van der Waals surface area contributed by atoms with Crippen LogP contribution in [0, 0.1) is 5.41 Å². The topological polar surface area (TPSA) is 54.3 Å². The van der Waals surface area contributed by atoms with Crippen molar-refractivity contribution in [3.63, 3.8) is 0 Å². The number of nitrogens with zero attached hydrogens (tertiary/aromatic N) is 5. The maximum atomic E-state index is 13.5. The van der Waals surface area contributed by atoms with Crippen LogP contribution in [0.25, 0.3) is 0 Å². The van der Waals surface area contributed by atoms with Crippen LogP contribution < -0.4 is 0 Å². The highest BCUT2D eigenvalue weighted by atomic mass is 16.2. The van der Waals surface area contributed by atoms with Crippen LogP contribution in [0.5, 0.6) is 0 Å². The van der Waals surface area contributed by atoms with Gasteiger partial charge in [-0.05, 0) is 45.0 Å². The van der Waals surface area contributed by atoms with Crippen LogP contribution in [-0.4, -0.2) is 56.9 Å². The first-order chi connectivity index (χ1) is 12.5. The molecule has 6 nitrogen and oxygen atoms in total. The molecule has 1 spiro atoms. The summed E-state index contributed by atoms with van der Waals surface area (Å²) in [6, 6.07) is 4.36. The molecule has 26 heavy (non-hydrogen) atoms. The molecule has 138 valence electrons. The third kappa shape index (κ3) is 2.82. The minimum absolute atomic E-state index is 0.169. The quantitative estimate of drug-likeness (QED) is 0.846. The van der Waals surface area contributed by atoms with Crippen LogP contribution in [0.1, 0.15) is 43.5 Å². The SMILES string of the molecule is CC(C)n1cnc([C@H]2CN(C)C[C@]23CCN(Cc2ccncc2)C3=O)c1. The van der Waals surface area contributed by atoms with Crippen molar-refractivity contribution in [2.75, 3.05) is 26.7 Å². The van der Waals surface area contributed by atoms with Crippen molar-refractivity contribution in [3.05, 3.63) is 48.3 Å². The second kappa shape index (κ2) is 6.50. The second-order valence-corrected chi connectivity index (χ2v) is 8.08. The summed E-state index contributed by atoms with van der Waals surface area (Å²) in [6.45, 7) is 7.50. The molecular weight excluding hydrogens is 326 g/mol. The van der Waals surface area contributed by atoms with E-state index in [4.69, 9.17) is 0 Å². The zero-order chi connectivity index (χ0) is 18.3. The van der Waals surface area contributed by atoms with Gasteiger partial charge in [0.1, 0.15) is 0 Å². The first-order valence-electron chi connectivity index (χ1n) is 9.40. The van der Waals surface area contributed by atoms with Gasteiger partial charge in [0.05, 0.1) is 17.4 Å². The van der Waals surface area contributed by atoms with E-state index in [1.807, 2.05) is 23.4 Å². The Morgan fingerprint density at radius 2 is 2.08 bits per heavy atom. The van der Waals surface area contributed by atoms with Crippen LogP contribution in [0.3, 0.4) is 0 Å². The van der Waals surface area contributed by atoms with Gasteiger partial charge in [-0.15, -0.1) is 0 Å². The fraction of sp³-hybridized carbons (Fsp3) is 0.550. The lowest BCUT2D eigenvalue weighted by molar-refractivity contribution is -0.136. The first-order valence-corrected chi connectivity index (χ1v) is 9.40. The van der Waals surface area contributed by atoms with Crippen molar-refractivity contribution in [3.8, 4) is 0 Å². The fourth-order valence-corrected chi connectivity index (χ4v) is 4.52. The highest BCUT2D eigenvalue weighted by Gasteiger charge is 2.57. The highest BCUT2D eigenvalue weighted by Crippen LogP contribution is 2.49. The van der Waals surface area contributed by atoms with Gasteiger partial charge in [-0.3, -0.25) is 9.78 Å². The van der Waals surface area contributed by atoms with E-state index in [9.17, 15) is 4.79 Å². The Hall–Kier alpha value is -2.21. The average molecular weight is 353 g/mol. The lowest BCUT2D eigenvalue weighted by Gasteiger charge is -2.28. The van der Waals surface area contributed by atoms with Gasteiger partial charge in [-0.25, -0.2) is 4.98 Å². The van der Waals surface area contributed by atoms with E-state index >= 15 is 0 Å². The molecule has 0 aromatic carbocycles. The summed E-state index contributed by atoms with van der Waals surface area (Å²) in [7, 11) is 2.11. The minimum Gasteiger partial charge on any atom is -0.338 e. The Kier molecular flexibility index (Phi) is 4.31. The zero-order valence-electron chi connectivity index (χ0n) is 15.8. The molecule has 2 saturated heterocycles. The summed E-state index contributed by atoms with van der Waals surface area (Å²) in [5.74, 6) is 0.449. The van der Waals surface area contributed by atoms with Crippen molar-refractivity contribution in [2.45, 2.75) is 38.8 Å². The van der Waals surface area contributed by atoms with Crippen LogP contribution in [-0.2, 0) is 11.3 Å². The number of imidazole rings is 1. The highest BCUT2D eigenvalue weighted by molar-refractivity contribution is 5.86. The molecule has 4 rings (SSSR count). The lowest BCUT2D eigenvalue weighted by Crippen LogP contribution is -2.39. The third-order valence-electron chi connectivity index (χ3n) is 5.95. The average Bonchev–Trinajstić information content (AvgIpc) is 3.30. The summed E-state index contributed by atoms with van der Waals surface area (Å²) < 4.78 is 2.13. The standard InChI is InChI=1S/C20H27N5O/c1-15(2)25-12-18(22-14-25)17-11-23(3)13-20(17)6-9-24(19(20)26)10-16-4-7-21-8-5-16/h4-5,7-8,12,14-15,17H,6,9-11,13H2,1-3H3/t17-,20-/m1/s1. The second-order valence-electron chi connectivity index (χ2n) is 8.08. The molecular formula is C20H27N5O. The lowest BCUT2D eigenvalue weighted by atomic mass is 9.75.